The summed E-state index contributed by atoms with van der Waals surface area (Å²) in [6.07, 6.45) is 3.45. The lowest BCUT2D eigenvalue weighted by molar-refractivity contribution is 0.0793. The van der Waals surface area contributed by atoms with Gasteiger partial charge in [-0.05, 0) is 24.6 Å². The number of hydrogen-bond acceptors (Lipinski definition) is 4. The molecule has 2 rings (SSSR count). The second-order valence-electron chi connectivity index (χ2n) is 6.00. The van der Waals surface area contributed by atoms with Crippen molar-refractivity contribution in [2.75, 3.05) is 20.7 Å². The minimum absolute atomic E-state index is 0.111. The average molecular weight is 355 g/mol. The van der Waals surface area contributed by atoms with Gasteiger partial charge in [-0.3, -0.25) is 14.6 Å². The highest BCUT2D eigenvalue weighted by atomic mass is 16.5. The number of nitrogens with one attached hydrogen (secondary N) is 1. The van der Waals surface area contributed by atoms with Gasteiger partial charge in [0, 0.05) is 37.5 Å². The van der Waals surface area contributed by atoms with Crippen molar-refractivity contribution in [2.45, 2.75) is 26.3 Å². The first kappa shape index (κ1) is 19.4. The first-order chi connectivity index (χ1) is 12.6. The number of rotatable bonds is 8. The molecule has 0 unspecified atom stereocenters. The molecule has 1 heterocycles. The number of nitrogens with zero attached hydrogens (tertiary/aromatic N) is 2. The number of amides is 2. The maximum Gasteiger partial charge on any atom is 0.270 e. The smallest absolute Gasteiger partial charge is 0.270 e. The summed E-state index contributed by atoms with van der Waals surface area (Å²) in [5, 5.41) is 2.81. The van der Waals surface area contributed by atoms with E-state index in [4.69, 9.17) is 4.74 Å². The van der Waals surface area contributed by atoms with Crippen molar-refractivity contribution in [2.24, 2.45) is 0 Å². The monoisotopic (exact) mass is 355 g/mol. The molecule has 0 aliphatic heterocycles. The van der Waals surface area contributed by atoms with Crippen LogP contribution in [0.2, 0.25) is 0 Å². The molecule has 0 aliphatic rings. The molecule has 0 bridgehead atoms. The highest BCUT2D eigenvalue weighted by molar-refractivity contribution is 5.98. The normalized spacial score (nSPS) is 10.3. The van der Waals surface area contributed by atoms with Gasteiger partial charge in [0.2, 0.25) is 0 Å². The number of aromatic nitrogens is 1. The van der Waals surface area contributed by atoms with Gasteiger partial charge >= 0.3 is 0 Å². The highest BCUT2D eigenvalue weighted by Gasteiger charge is 2.15. The second kappa shape index (κ2) is 9.56. The van der Waals surface area contributed by atoms with Crippen molar-refractivity contribution in [1.82, 2.24) is 15.2 Å². The van der Waals surface area contributed by atoms with Crippen molar-refractivity contribution >= 4 is 11.8 Å². The lowest BCUT2D eigenvalue weighted by atomic mass is 10.1. The van der Waals surface area contributed by atoms with E-state index < -0.39 is 0 Å². The summed E-state index contributed by atoms with van der Waals surface area (Å²) in [5.41, 5.74) is 1.55. The number of pyridine rings is 1. The van der Waals surface area contributed by atoms with Crippen molar-refractivity contribution < 1.29 is 14.3 Å². The number of benzene rings is 1. The molecule has 1 N–H and O–H groups in total. The molecule has 26 heavy (non-hydrogen) atoms. The molecule has 1 aromatic heterocycles. The summed E-state index contributed by atoms with van der Waals surface area (Å²) in [6.45, 7) is 3.08. The third-order valence-corrected chi connectivity index (χ3v) is 4.07. The van der Waals surface area contributed by atoms with Crippen LogP contribution < -0.4 is 10.1 Å². The zero-order chi connectivity index (χ0) is 18.9. The van der Waals surface area contributed by atoms with Gasteiger partial charge in [-0.2, -0.15) is 0 Å². The van der Waals surface area contributed by atoms with Crippen molar-refractivity contribution in [3.63, 3.8) is 0 Å². The van der Waals surface area contributed by atoms with Crippen molar-refractivity contribution in [3.8, 4) is 5.75 Å². The topological polar surface area (TPSA) is 71.5 Å². The van der Waals surface area contributed by atoms with E-state index in [1.807, 2.05) is 24.3 Å². The molecule has 0 spiro atoms. The lowest BCUT2D eigenvalue weighted by Gasteiger charge is -2.17. The molecular formula is C20H25N3O3. The van der Waals surface area contributed by atoms with E-state index in [0.29, 0.717) is 24.4 Å². The van der Waals surface area contributed by atoms with Gasteiger partial charge in [-0.15, -0.1) is 0 Å². The van der Waals surface area contributed by atoms with Crippen LogP contribution >= 0.6 is 0 Å². The van der Waals surface area contributed by atoms with Gasteiger partial charge in [-0.1, -0.05) is 31.5 Å². The molecule has 138 valence electrons. The Hall–Kier alpha value is -2.89. The molecule has 0 radical (unpaired) electrons. The summed E-state index contributed by atoms with van der Waals surface area (Å²) in [4.78, 5) is 30.6. The molecule has 0 saturated heterocycles. The summed E-state index contributed by atoms with van der Waals surface area (Å²) >= 11 is 0. The Balaban J connectivity index is 2.04. The predicted molar refractivity (Wildman–Crippen MR) is 100 cm³/mol. The first-order valence-electron chi connectivity index (χ1n) is 8.68. The molecule has 0 atom stereocenters. The molecule has 1 aromatic carbocycles. The molecule has 0 saturated carbocycles. The summed E-state index contributed by atoms with van der Waals surface area (Å²) in [7, 11) is 3.35. The van der Waals surface area contributed by atoms with Crippen LogP contribution in [0.5, 0.6) is 5.75 Å². The minimum atomic E-state index is -0.332. The maximum atomic E-state index is 12.4. The Bertz CT molecular complexity index is 761. The number of methoxy groups -OCH3 is 1. The van der Waals surface area contributed by atoms with E-state index in [0.717, 1.165) is 18.4 Å². The van der Waals surface area contributed by atoms with Gasteiger partial charge in [0.15, 0.2) is 0 Å². The third-order valence-electron chi connectivity index (χ3n) is 4.07. The van der Waals surface area contributed by atoms with Crippen LogP contribution in [0.25, 0.3) is 0 Å². The average Bonchev–Trinajstić information content (AvgIpc) is 2.69. The van der Waals surface area contributed by atoms with Crippen LogP contribution in [0.1, 0.15) is 46.2 Å². The van der Waals surface area contributed by atoms with Crippen LogP contribution in [0.4, 0.5) is 0 Å². The Morgan fingerprint density at radius 3 is 2.73 bits per heavy atom. The quantitative estimate of drug-likeness (QED) is 0.790. The predicted octanol–water partition coefficient (Wildman–Crippen LogP) is 2.89. The van der Waals surface area contributed by atoms with E-state index in [2.05, 4.69) is 17.2 Å². The zero-order valence-electron chi connectivity index (χ0n) is 15.5. The van der Waals surface area contributed by atoms with Crippen LogP contribution in [-0.2, 0) is 6.54 Å². The minimum Gasteiger partial charge on any atom is -0.496 e. The lowest BCUT2D eigenvalue weighted by Crippen LogP contribution is -2.29. The van der Waals surface area contributed by atoms with Crippen LogP contribution in [0, 0.1) is 0 Å². The largest absolute Gasteiger partial charge is 0.496 e. The fourth-order valence-corrected chi connectivity index (χ4v) is 2.52. The van der Waals surface area contributed by atoms with Gasteiger partial charge in [0.25, 0.3) is 11.8 Å². The maximum absolute atomic E-state index is 12.4. The number of hydrogen-bond donors (Lipinski definition) is 1. The van der Waals surface area contributed by atoms with Crippen LogP contribution in [0.15, 0.2) is 42.6 Å². The van der Waals surface area contributed by atoms with E-state index in [9.17, 15) is 9.59 Å². The molecule has 0 fully saturated rings. The molecule has 2 amide bonds. The van der Waals surface area contributed by atoms with Gasteiger partial charge in [0.1, 0.15) is 11.4 Å². The van der Waals surface area contributed by atoms with Crippen LogP contribution in [0.3, 0.4) is 0 Å². The molecule has 0 aliphatic carbocycles. The van der Waals surface area contributed by atoms with E-state index >= 15 is 0 Å². The van der Waals surface area contributed by atoms with Gasteiger partial charge in [0.05, 0.1) is 7.11 Å². The molecular weight excluding hydrogens is 330 g/mol. The fourth-order valence-electron chi connectivity index (χ4n) is 2.52. The zero-order valence-corrected chi connectivity index (χ0v) is 15.5. The highest BCUT2D eigenvalue weighted by Crippen LogP contribution is 2.17. The number of ether oxygens (including phenoxy) is 1. The first-order valence-corrected chi connectivity index (χ1v) is 8.68. The van der Waals surface area contributed by atoms with Crippen molar-refractivity contribution in [1.29, 1.82) is 0 Å². The summed E-state index contributed by atoms with van der Waals surface area (Å²) in [5.74, 6) is 0.267. The van der Waals surface area contributed by atoms with Gasteiger partial charge in [-0.25, -0.2) is 0 Å². The summed E-state index contributed by atoms with van der Waals surface area (Å²) < 4.78 is 5.28. The molecule has 6 heteroatoms. The number of unbranched alkanes of at least 4 members (excludes halogenated alkanes) is 1. The third kappa shape index (κ3) is 5.05. The number of para-hydroxylation sites is 1. The SMILES string of the molecule is CCCCN(C)C(=O)c1ccnc(C(=O)NCc2ccccc2OC)c1. The van der Waals surface area contributed by atoms with E-state index in [1.54, 1.807) is 25.1 Å². The van der Waals surface area contributed by atoms with E-state index in [1.165, 1.54) is 12.3 Å². The Labute approximate surface area is 154 Å². The van der Waals surface area contributed by atoms with E-state index in [-0.39, 0.29) is 17.5 Å². The molecule has 6 nitrogen and oxygen atoms in total. The number of carbonyl (C=O) groups excluding carboxylic acids is 2. The van der Waals surface area contributed by atoms with Gasteiger partial charge < -0.3 is 15.0 Å². The Morgan fingerprint density at radius 1 is 1.23 bits per heavy atom. The molecule has 2 aromatic rings. The Kier molecular flexibility index (Phi) is 7.14. The number of carbonyl (C=O) groups is 2. The van der Waals surface area contributed by atoms with Crippen LogP contribution in [-0.4, -0.2) is 42.4 Å². The van der Waals surface area contributed by atoms with Crippen molar-refractivity contribution in [3.05, 3.63) is 59.4 Å². The second-order valence-corrected chi connectivity index (χ2v) is 6.00. The standard InChI is InChI=1S/C20H25N3O3/c1-4-5-12-23(2)20(25)15-10-11-21-17(13-15)19(24)22-14-16-8-6-7-9-18(16)26-3/h6-11,13H,4-5,12,14H2,1-3H3,(H,22,24). The Morgan fingerprint density at radius 2 is 2.00 bits per heavy atom. The summed E-state index contributed by atoms with van der Waals surface area (Å²) in [6, 6.07) is 10.6. The fraction of sp³-hybridized carbons (Fsp3) is 0.350.